The summed E-state index contributed by atoms with van der Waals surface area (Å²) in [6.45, 7) is 2.21. The Morgan fingerprint density at radius 3 is 3.11 bits per heavy atom. The highest BCUT2D eigenvalue weighted by atomic mass is 16.5. The normalized spacial score (nSPS) is 19.3. The second-order valence-electron chi connectivity index (χ2n) is 5.01. The number of esters is 1. The zero-order chi connectivity index (χ0) is 13.7. The molecule has 0 aliphatic carbocycles. The van der Waals surface area contributed by atoms with Crippen LogP contribution in [0.1, 0.15) is 29.6 Å². The highest BCUT2D eigenvalue weighted by Gasteiger charge is 2.20. The predicted molar refractivity (Wildman–Crippen MR) is 74.4 cm³/mol. The first-order valence-corrected chi connectivity index (χ1v) is 6.78. The highest BCUT2D eigenvalue weighted by Crippen LogP contribution is 2.25. The van der Waals surface area contributed by atoms with Crippen LogP contribution in [0.4, 0.5) is 5.69 Å². The molecular weight excluding hydrogens is 242 g/mol. The summed E-state index contributed by atoms with van der Waals surface area (Å²) in [6.07, 6.45) is 3.16. The zero-order valence-electron chi connectivity index (χ0n) is 11.3. The molecule has 1 heterocycles. The first kappa shape index (κ1) is 13.9. The number of benzene rings is 1. The Hall–Kier alpha value is -1.55. The van der Waals surface area contributed by atoms with Crippen LogP contribution in [0.5, 0.6) is 0 Å². The van der Waals surface area contributed by atoms with E-state index in [1.54, 1.807) is 6.07 Å². The lowest BCUT2D eigenvalue weighted by molar-refractivity contribution is 0.0601. The molecule has 1 aromatic carbocycles. The summed E-state index contributed by atoms with van der Waals surface area (Å²) >= 11 is 0. The number of piperidine rings is 1. The average Bonchev–Trinajstić information content (AvgIpc) is 2.47. The molecule has 0 saturated carbocycles. The number of nitrogens with zero attached hydrogens (tertiary/aromatic N) is 1. The van der Waals surface area contributed by atoms with E-state index >= 15 is 0 Å². The van der Waals surface area contributed by atoms with Gasteiger partial charge in [-0.2, -0.15) is 0 Å². The third-order valence-corrected chi connectivity index (χ3v) is 3.69. The van der Waals surface area contributed by atoms with Crippen molar-refractivity contribution >= 4 is 11.7 Å². The lowest BCUT2D eigenvalue weighted by atomic mass is 9.94. The van der Waals surface area contributed by atoms with Gasteiger partial charge in [-0.05, 0) is 43.4 Å². The second kappa shape index (κ2) is 6.57. The summed E-state index contributed by atoms with van der Waals surface area (Å²) in [5, 5.41) is 9.04. The van der Waals surface area contributed by atoms with Crippen LogP contribution in [0, 0.1) is 5.92 Å². The van der Waals surface area contributed by atoms with Crippen LogP contribution in [0.25, 0.3) is 0 Å². The van der Waals surface area contributed by atoms with E-state index in [0.717, 1.165) is 31.6 Å². The maximum atomic E-state index is 11.5. The molecule has 2 rings (SSSR count). The van der Waals surface area contributed by atoms with Crippen LogP contribution in [0.3, 0.4) is 0 Å². The summed E-state index contributed by atoms with van der Waals surface area (Å²) in [7, 11) is 1.40. The number of aliphatic hydroxyl groups is 1. The van der Waals surface area contributed by atoms with Crippen molar-refractivity contribution < 1.29 is 14.6 Å². The van der Waals surface area contributed by atoms with Gasteiger partial charge in [-0.25, -0.2) is 4.79 Å². The van der Waals surface area contributed by atoms with E-state index in [0.29, 0.717) is 11.5 Å². The average molecular weight is 263 g/mol. The van der Waals surface area contributed by atoms with Crippen molar-refractivity contribution in [1.82, 2.24) is 0 Å². The van der Waals surface area contributed by atoms with Crippen LogP contribution < -0.4 is 4.90 Å². The quantitative estimate of drug-likeness (QED) is 0.845. The fourth-order valence-corrected chi connectivity index (χ4v) is 2.67. The third kappa shape index (κ3) is 3.47. The molecule has 1 aromatic rings. The van der Waals surface area contributed by atoms with E-state index < -0.39 is 0 Å². The van der Waals surface area contributed by atoms with Gasteiger partial charge in [0.2, 0.25) is 0 Å². The SMILES string of the molecule is COC(=O)c1cccc(N2CCCC(CCO)C2)c1. The fraction of sp³-hybridized carbons (Fsp3) is 0.533. The summed E-state index contributed by atoms with van der Waals surface area (Å²) in [6, 6.07) is 7.56. The Kier molecular flexibility index (Phi) is 4.80. The van der Waals surface area contributed by atoms with Crippen LogP contribution in [0.2, 0.25) is 0 Å². The number of aliphatic hydroxyl groups excluding tert-OH is 1. The van der Waals surface area contributed by atoms with Crippen molar-refractivity contribution in [2.24, 2.45) is 5.92 Å². The van der Waals surface area contributed by atoms with E-state index in [9.17, 15) is 4.79 Å². The Morgan fingerprint density at radius 2 is 2.37 bits per heavy atom. The van der Waals surface area contributed by atoms with Gasteiger partial charge < -0.3 is 14.7 Å². The number of anilines is 1. The van der Waals surface area contributed by atoms with Crippen molar-refractivity contribution in [3.63, 3.8) is 0 Å². The third-order valence-electron chi connectivity index (χ3n) is 3.69. The molecule has 4 heteroatoms. The summed E-state index contributed by atoms with van der Waals surface area (Å²) in [5.74, 6) is 0.242. The largest absolute Gasteiger partial charge is 0.465 e. The van der Waals surface area contributed by atoms with Crippen LogP contribution in [-0.2, 0) is 4.74 Å². The molecule has 1 aliphatic rings. The molecule has 0 spiro atoms. The molecule has 4 nitrogen and oxygen atoms in total. The zero-order valence-corrected chi connectivity index (χ0v) is 11.3. The lowest BCUT2D eigenvalue weighted by Crippen LogP contribution is -2.35. The highest BCUT2D eigenvalue weighted by molar-refractivity contribution is 5.90. The Morgan fingerprint density at radius 1 is 1.53 bits per heavy atom. The molecule has 0 bridgehead atoms. The maximum Gasteiger partial charge on any atom is 0.337 e. The number of hydrogen-bond acceptors (Lipinski definition) is 4. The van der Waals surface area contributed by atoms with E-state index in [1.807, 2.05) is 18.2 Å². The Bertz CT molecular complexity index is 431. The number of methoxy groups -OCH3 is 1. The smallest absolute Gasteiger partial charge is 0.337 e. The molecule has 1 saturated heterocycles. The summed E-state index contributed by atoms with van der Waals surface area (Å²) < 4.78 is 4.75. The van der Waals surface area contributed by atoms with E-state index in [1.165, 1.54) is 13.5 Å². The molecule has 1 aliphatic heterocycles. The van der Waals surface area contributed by atoms with Crippen molar-refractivity contribution in [2.75, 3.05) is 31.7 Å². The van der Waals surface area contributed by atoms with Gasteiger partial charge in [0.25, 0.3) is 0 Å². The molecule has 0 radical (unpaired) electrons. The topological polar surface area (TPSA) is 49.8 Å². The predicted octanol–water partition coefficient (Wildman–Crippen LogP) is 2.07. The molecule has 0 aromatic heterocycles. The van der Waals surface area contributed by atoms with Gasteiger partial charge in [0.05, 0.1) is 12.7 Å². The van der Waals surface area contributed by atoms with Crippen molar-refractivity contribution in [1.29, 1.82) is 0 Å². The van der Waals surface area contributed by atoms with Crippen molar-refractivity contribution in [3.05, 3.63) is 29.8 Å². The van der Waals surface area contributed by atoms with Gasteiger partial charge in [0.1, 0.15) is 0 Å². The van der Waals surface area contributed by atoms with E-state index in [2.05, 4.69) is 4.90 Å². The first-order valence-electron chi connectivity index (χ1n) is 6.78. The molecule has 1 unspecified atom stereocenters. The van der Waals surface area contributed by atoms with Gasteiger partial charge in [-0.15, -0.1) is 0 Å². The number of rotatable bonds is 4. The number of ether oxygens (including phenoxy) is 1. The van der Waals surface area contributed by atoms with Gasteiger partial charge in [0.15, 0.2) is 0 Å². The molecule has 1 N–H and O–H groups in total. The molecular formula is C15H21NO3. The maximum absolute atomic E-state index is 11.5. The van der Waals surface area contributed by atoms with Gasteiger partial charge >= 0.3 is 5.97 Å². The molecule has 0 amide bonds. The van der Waals surface area contributed by atoms with Crippen LogP contribution in [-0.4, -0.2) is 37.9 Å². The minimum atomic E-state index is -0.300. The Balaban J connectivity index is 2.10. The van der Waals surface area contributed by atoms with E-state index in [4.69, 9.17) is 9.84 Å². The Labute approximate surface area is 114 Å². The number of hydrogen-bond donors (Lipinski definition) is 1. The van der Waals surface area contributed by atoms with Crippen LogP contribution in [0.15, 0.2) is 24.3 Å². The monoisotopic (exact) mass is 263 g/mol. The van der Waals surface area contributed by atoms with E-state index in [-0.39, 0.29) is 12.6 Å². The standard InChI is InChI=1S/C15H21NO3/c1-19-15(18)13-5-2-6-14(10-13)16-8-3-4-12(11-16)7-9-17/h2,5-6,10,12,17H,3-4,7-9,11H2,1H3. The van der Waals surface area contributed by atoms with Crippen molar-refractivity contribution in [2.45, 2.75) is 19.3 Å². The van der Waals surface area contributed by atoms with Gasteiger partial charge in [0, 0.05) is 25.4 Å². The second-order valence-corrected chi connectivity index (χ2v) is 5.01. The van der Waals surface area contributed by atoms with Gasteiger partial charge in [-0.3, -0.25) is 0 Å². The molecule has 1 fully saturated rings. The minimum Gasteiger partial charge on any atom is -0.465 e. The molecule has 19 heavy (non-hydrogen) atoms. The lowest BCUT2D eigenvalue weighted by Gasteiger charge is -2.34. The molecule has 104 valence electrons. The number of carbonyl (C=O) groups is 1. The first-order chi connectivity index (χ1) is 9.24. The number of carbonyl (C=O) groups excluding carboxylic acids is 1. The van der Waals surface area contributed by atoms with Crippen molar-refractivity contribution in [3.8, 4) is 0 Å². The summed E-state index contributed by atoms with van der Waals surface area (Å²) in [5.41, 5.74) is 1.65. The minimum absolute atomic E-state index is 0.251. The van der Waals surface area contributed by atoms with Gasteiger partial charge in [-0.1, -0.05) is 6.07 Å². The molecule has 1 atom stereocenters. The summed E-state index contributed by atoms with van der Waals surface area (Å²) in [4.78, 5) is 13.8. The van der Waals surface area contributed by atoms with Crippen LogP contribution >= 0.6 is 0 Å². The fourth-order valence-electron chi connectivity index (χ4n) is 2.67.